The van der Waals surface area contributed by atoms with E-state index >= 15 is 0 Å². The van der Waals surface area contributed by atoms with Crippen LogP contribution in [0.4, 0.5) is 5.82 Å². The number of rotatable bonds is 5. The van der Waals surface area contributed by atoms with E-state index in [4.69, 9.17) is 4.98 Å². The fourth-order valence-electron chi connectivity index (χ4n) is 2.39. The van der Waals surface area contributed by atoms with Crippen LogP contribution >= 0.6 is 0 Å². The van der Waals surface area contributed by atoms with E-state index in [1.165, 1.54) is 0 Å². The molecule has 5 nitrogen and oxygen atoms in total. The van der Waals surface area contributed by atoms with Gasteiger partial charge in [0.1, 0.15) is 5.82 Å². The maximum absolute atomic E-state index is 4.78. The van der Waals surface area contributed by atoms with Crippen LogP contribution in [0, 0.1) is 0 Å². The quantitative estimate of drug-likeness (QED) is 0.722. The van der Waals surface area contributed by atoms with E-state index in [1.54, 1.807) is 24.8 Å². The second-order valence-electron chi connectivity index (χ2n) is 5.27. The van der Waals surface area contributed by atoms with Gasteiger partial charge in [-0.3, -0.25) is 9.97 Å². The summed E-state index contributed by atoms with van der Waals surface area (Å²) >= 11 is 0. The van der Waals surface area contributed by atoms with E-state index in [2.05, 4.69) is 33.8 Å². The highest BCUT2D eigenvalue weighted by Gasteiger charge is 2.12. The summed E-state index contributed by atoms with van der Waals surface area (Å²) in [6, 6.07) is 5.82. The Kier molecular flexibility index (Phi) is 4.23. The van der Waals surface area contributed by atoms with Gasteiger partial charge in [-0.05, 0) is 24.6 Å². The molecule has 3 rings (SSSR count). The first-order valence-corrected chi connectivity index (χ1v) is 7.53. The third-order valence-corrected chi connectivity index (χ3v) is 3.63. The molecule has 3 aromatic rings. The van der Waals surface area contributed by atoms with Crippen LogP contribution in [-0.4, -0.2) is 33.5 Å². The molecule has 22 heavy (non-hydrogen) atoms. The predicted octanol–water partition coefficient (Wildman–Crippen LogP) is 3.32. The molecule has 0 fully saturated rings. The minimum atomic E-state index is 0.709. The predicted molar refractivity (Wildman–Crippen MR) is 88.7 cm³/mol. The molecule has 3 aromatic heterocycles. The van der Waals surface area contributed by atoms with Gasteiger partial charge < -0.3 is 4.90 Å². The van der Waals surface area contributed by atoms with Crippen molar-refractivity contribution in [3.8, 4) is 11.4 Å². The normalized spacial score (nSPS) is 10.8. The Balaban J connectivity index is 2.12. The smallest absolute Gasteiger partial charge is 0.162 e. The van der Waals surface area contributed by atoms with Gasteiger partial charge in [-0.1, -0.05) is 13.3 Å². The van der Waals surface area contributed by atoms with Crippen LogP contribution < -0.4 is 4.90 Å². The lowest BCUT2D eigenvalue weighted by molar-refractivity contribution is 0.761. The Labute approximate surface area is 130 Å². The van der Waals surface area contributed by atoms with Crippen LogP contribution in [-0.2, 0) is 0 Å². The van der Waals surface area contributed by atoms with Gasteiger partial charge in [-0.15, -0.1) is 0 Å². The Bertz CT molecular complexity index is 757. The average Bonchev–Trinajstić information content (AvgIpc) is 2.59. The van der Waals surface area contributed by atoms with E-state index in [-0.39, 0.29) is 0 Å². The Hall–Kier alpha value is -2.56. The van der Waals surface area contributed by atoms with Gasteiger partial charge in [0.15, 0.2) is 5.82 Å². The van der Waals surface area contributed by atoms with Crippen molar-refractivity contribution in [3.63, 3.8) is 0 Å². The molecule has 5 heteroatoms. The molecule has 0 bridgehead atoms. The van der Waals surface area contributed by atoms with E-state index in [0.717, 1.165) is 41.7 Å². The number of anilines is 1. The highest BCUT2D eigenvalue weighted by atomic mass is 15.2. The molecular formula is C17H19N5. The van der Waals surface area contributed by atoms with Gasteiger partial charge >= 0.3 is 0 Å². The number of unbranched alkanes of at least 4 members (excludes halogenated alkanes) is 1. The first-order chi connectivity index (χ1) is 10.8. The monoisotopic (exact) mass is 293 g/mol. The number of nitrogens with zero attached hydrogens (tertiary/aromatic N) is 5. The summed E-state index contributed by atoms with van der Waals surface area (Å²) in [6.07, 6.45) is 9.39. The molecule has 0 aliphatic carbocycles. The van der Waals surface area contributed by atoms with Crippen molar-refractivity contribution in [2.45, 2.75) is 19.8 Å². The molecular weight excluding hydrogens is 274 g/mol. The van der Waals surface area contributed by atoms with Crippen LogP contribution in [0.5, 0.6) is 0 Å². The van der Waals surface area contributed by atoms with Crippen molar-refractivity contribution in [3.05, 3.63) is 43.0 Å². The van der Waals surface area contributed by atoms with E-state index in [1.807, 2.05) is 18.2 Å². The van der Waals surface area contributed by atoms with Gasteiger partial charge in [-0.25, -0.2) is 9.97 Å². The standard InChI is InChI=1S/C17H19N5/c1-3-4-11-22(2)17-14-7-10-19-12-15(14)20-16(21-17)13-5-8-18-9-6-13/h5-10,12H,3-4,11H2,1-2H3. The maximum atomic E-state index is 4.78. The zero-order valence-electron chi connectivity index (χ0n) is 12.9. The summed E-state index contributed by atoms with van der Waals surface area (Å²) in [5.74, 6) is 1.66. The molecule has 0 spiro atoms. The Morgan fingerprint density at radius 2 is 1.77 bits per heavy atom. The second kappa shape index (κ2) is 6.47. The lowest BCUT2D eigenvalue weighted by atomic mass is 10.2. The summed E-state index contributed by atoms with van der Waals surface area (Å²) in [4.78, 5) is 19.9. The van der Waals surface area contributed by atoms with Crippen molar-refractivity contribution in [1.82, 2.24) is 19.9 Å². The zero-order chi connectivity index (χ0) is 15.4. The van der Waals surface area contributed by atoms with E-state index < -0.39 is 0 Å². The van der Waals surface area contributed by atoms with Crippen molar-refractivity contribution in [2.24, 2.45) is 0 Å². The molecule has 0 aliphatic rings. The Morgan fingerprint density at radius 3 is 2.55 bits per heavy atom. The fraction of sp³-hybridized carbons (Fsp3) is 0.294. The molecule has 0 aliphatic heterocycles. The largest absolute Gasteiger partial charge is 0.359 e. The van der Waals surface area contributed by atoms with Crippen molar-refractivity contribution < 1.29 is 0 Å². The van der Waals surface area contributed by atoms with Crippen LogP contribution in [0.25, 0.3) is 22.3 Å². The lowest BCUT2D eigenvalue weighted by Crippen LogP contribution is -2.20. The topological polar surface area (TPSA) is 54.8 Å². The van der Waals surface area contributed by atoms with Crippen molar-refractivity contribution >= 4 is 16.7 Å². The molecule has 0 amide bonds. The minimum absolute atomic E-state index is 0.709. The van der Waals surface area contributed by atoms with E-state index in [9.17, 15) is 0 Å². The van der Waals surface area contributed by atoms with Crippen molar-refractivity contribution in [2.75, 3.05) is 18.5 Å². The fourth-order valence-corrected chi connectivity index (χ4v) is 2.39. The summed E-state index contributed by atoms with van der Waals surface area (Å²) < 4.78 is 0. The molecule has 112 valence electrons. The highest BCUT2D eigenvalue weighted by Crippen LogP contribution is 2.26. The molecule has 0 unspecified atom stereocenters. The van der Waals surface area contributed by atoms with Crippen LogP contribution in [0.3, 0.4) is 0 Å². The molecule has 0 N–H and O–H groups in total. The van der Waals surface area contributed by atoms with Gasteiger partial charge in [0, 0.05) is 43.1 Å². The molecule has 0 atom stereocenters. The van der Waals surface area contributed by atoms with E-state index in [0.29, 0.717) is 5.82 Å². The third kappa shape index (κ3) is 2.88. The number of aromatic nitrogens is 4. The zero-order valence-corrected chi connectivity index (χ0v) is 12.9. The number of hydrogen-bond acceptors (Lipinski definition) is 5. The molecule has 0 saturated heterocycles. The van der Waals surface area contributed by atoms with Crippen LogP contribution in [0.2, 0.25) is 0 Å². The van der Waals surface area contributed by atoms with Gasteiger partial charge in [0.25, 0.3) is 0 Å². The number of pyridine rings is 2. The minimum Gasteiger partial charge on any atom is -0.359 e. The number of hydrogen-bond donors (Lipinski definition) is 0. The molecule has 0 saturated carbocycles. The second-order valence-corrected chi connectivity index (χ2v) is 5.27. The molecule has 0 radical (unpaired) electrons. The van der Waals surface area contributed by atoms with Gasteiger partial charge in [0.05, 0.1) is 11.7 Å². The first-order valence-electron chi connectivity index (χ1n) is 7.53. The first kappa shape index (κ1) is 14.4. The summed E-state index contributed by atoms with van der Waals surface area (Å²) in [5, 5.41) is 1.03. The number of fused-ring (bicyclic) bond motifs is 1. The third-order valence-electron chi connectivity index (χ3n) is 3.63. The van der Waals surface area contributed by atoms with Gasteiger partial charge in [-0.2, -0.15) is 0 Å². The SMILES string of the molecule is CCCCN(C)c1nc(-c2ccncc2)nc2cnccc12. The summed E-state index contributed by atoms with van der Waals surface area (Å²) in [7, 11) is 2.08. The summed E-state index contributed by atoms with van der Waals surface area (Å²) in [5.41, 5.74) is 1.83. The highest BCUT2D eigenvalue weighted by molar-refractivity contribution is 5.90. The lowest BCUT2D eigenvalue weighted by Gasteiger charge is -2.20. The van der Waals surface area contributed by atoms with Crippen LogP contribution in [0.15, 0.2) is 43.0 Å². The molecule has 3 heterocycles. The van der Waals surface area contributed by atoms with Gasteiger partial charge in [0.2, 0.25) is 0 Å². The van der Waals surface area contributed by atoms with Crippen LogP contribution in [0.1, 0.15) is 19.8 Å². The van der Waals surface area contributed by atoms with Crippen molar-refractivity contribution in [1.29, 1.82) is 0 Å². The average molecular weight is 293 g/mol. The molecule has 0 aromatic carbocycles. The maximum Gasteiger partial charge on any atom is 0.162 e. The summed E-state index contributed by atoms with van der Waals surface area (Å²) in [6.45, 7) is 3.17. The Morgan fingerprint density at radius 1 is 1.00 bits per heavy atom.